The van der Waals surface area contributed by atoms with E-state index < -0.39 is 31.3 Å². The van der Waals surface area contributed by atoms with E-state index in [0.717, 1.165) is 10.8 Å². The van der Waals surface area contributed by atoms with Gasteiger partial charge in [0.25, 0.3) is 10.1 Å². The van der Waals surface area contributed by atoms with Crippen molar-refractivity contribution < 1.29 is 38.2 Å². The third kappa shape index (κ3) is 9.40. The van der Waals surface area contributed by atoms with E-state index in [4.69, 9.17) is 31.0 Å². The van der Waals surface area contributed by atoms with Gasteiger partial charge in [-0.15, -0.1) is 40.6 Å². The fourth-order valence-electron chi connectivity index (χ4n) is 3.74. The largest absolute Gasteiger partial charge is 0.425 e. The molecule has 0 radical (unpaired) electrons. The molecule has 0 unspecified atom stereocenters. The van der Waals surface area contributed by atoms with Crippen LogP contribution in [0.1, 0.15) is 0 Å². The molecule has 0 aliphatic heterocycles. The van der Waals surface area contributed by atoms with Gasteiger partial charge in [-0.1, -0.05) is 48.5 Å². The van der Waals surface area contributed by atoms with Crippen LogP contribution in [0.3, 0.4) is 0 Å². The molecule has 220 valence electrons. The van der Waals surface area contributed by atoms with Crippen molar-refractivity contribution in [3.63, 3.8) is 0 Å². The Morgan fingerprint density at radius 3 is 1.53 bits per heavy atom. The number of nitrogens with zero attached hydrogens (tertiary/aromatic N) is 4. The Balaban J connectivity index is 0.000000566. The number of benzene rings is 5. The van der Waals surface area contributed by atoms with Crippen molar-refractivity contribution in [2.75, 3.05) is 5.73 Å². The average Bonchev–Trinajstić information content (AvgIpc) is 2.95. The number of hydrogen-bond acceptors (Lipinski definition) is 13. The topological polar surface area (TPSA) is 232 Å². The summed E-state index contributed by atoms with van der Waals surface area (Å²) in [7, 11) is -10.6. The van der Waals surface area contributed by atoms with Crippen LogP contribution in [-0.2, 0) is 31.3 Å². The molecule has 0 fully saturated rings. The van der Waals surface area contributed by atoms with Crippen molar-refractivity contribution in [2.24, 2.45) is 20.5 Å². The van der Waals surface area contributed by atoms with Gasteiger partial charge in [-0.2, -0.15) is 13.5 Å². The SMILES string of the molecule is Nc1ccc(N=Nc2ccc(N=Nc3ccccc3)c3ccc(S(=O)(=O)O)cc23)c2ccccc12.O=S(=O)=O.O=S(=O)=O. The summed E-state index contributed by atoms with van der Waals surface area (Å²) in [5.74, 6) is 0. The summed E-state index contributed by atoms with van der Waals surface area (Å²) in [5, 5.41) is 20.2. The van der Waals surface area contributed by atoms with Crippen LogP contribution in [0.15, 0.2) is 122 Å². The molecule has 3 N–H and O–H groups in total. The van der Waals surface area contributed by atoms with Gasteiger partial charge >= 0.3 is 21.2 Å². The molecule has 0 aliphatic carbocycles. The van der Waals surface area contributed by atoms with Gasteiger partial charge in [0.1, 0.15) is 0 Å². The second-order valence-electron chi connectivity index (χ2n) is 8.15. The zero-order valence-electron chi connectivity index (χ0n) is 21.5. The van der Waals surface area contributed by atoms with Crippen molar-refractivity contribution in [2.45, 2.75) is 4.90 Å². The summed E-state index contributed by atoms with van der Waals surface area (Å²) in [6, 6.07) is 28.0. The molecule has 5 rings (SSSR count). The molecule has 0 aliphatic rings. The lowest BCUT2D eigenvalue weighted by Crippen LogP contribution is -1.97. The maximum Gasteiger partial charge on any atom is 0.425 e. The van der Waals surface area contributed by atoms with E-state index in [9.17, 15) is 13.0 Å². The van der Waals surface area contributed by atoms with E-state index in [1.807, 2.05) is 54.6 Å². The van der Waals surface area contributed by atoms with Crippen molar-refractivity contribution in [3.05, 3.63) is 97.1 Å². The first-order chi connectivity index (χ1) is 20.4. The lowest BCUT2D eigenvalue weighted by Gasteiger charge is -2.07. The number of anilines is 1. The second-order valence-corrected chi connectivity index (χ2v) is 10.4. The number of fused-ring (bicyclic) bond motifs is 2. The normalized spacial score (nSPS) is 11.1. The molecule has 0 aromatic heterocycles. The first-order valence-electron chi connectivity index (χ1n) is 11.6. The molecule has 17 heteroatoms. The quantitative estimate of drug-likeness (QED) is 0.136. The summed E-state index contributed by atoms with van der Waals surface area (Å²) in [6.45, 7) is 0. The van der Waals surface area contributed by atoms with Crippen LogP contribution >= 0.6 is 0 Å². The predicted octanol–water partition coefficient (Wildman–Crippen LogP) is 5.64. The Bertz CT molecular complexity index is 2150. The molecule has 14 nitrogen and oxygen atoms in total. The highest BCUT2D eigenvalue weighted by molar-refractivity contribution is 7.85. The van der Waals surface area contributed by atoms with E-state index in [0.29, 0.717) is 39.2 Å². The van der Waals surface area contributed by atoms with E-state index in [-0.39, 0.29) is 4.90 Å². The minimum Gasteiger partial charge on any atom is -0.398 e. The highest BCUT2D eigenvalue weighted by Gasteiger charge is 2.14. The fraction of sp³-hybridized carbons (Fsp3) is 0. The molecule has 5 aromatic rings. The average molecular weight is 642 g/mol. The van der Waals surface area contributed by atoms with Gasteiger partial charge in [-0.05, 0) is 48.5 Å². The smallest absolute Gasteiger partial charge is 0.398 e. The van der Waals surface area contributed by atoms with Gasteiger partial charge in [-0.3, -0.25) is 4.55 Å². The Morgan fingerprint density at radius 1 is 0.535 bits per heavy atom. The zero-order chi connectivity index (χ0) is 31.6. The molecular formula is C26H19N5O9S3. The van der Waals surface area contributed by atoms with Gasteiger partial charge in [0, 0.05) is 27.2 Å². The lowest BCUT2D eigenvalue weighted by molar-refractivity contribution is 0.483. The standard InChI is InChI=1S/C26H19N5O3S.2O3S/c27-23-12-13-24(20-9-5-4-8-19(20)23)30-31-26-15-14-25(29-28-17-6-2-1-3-7-17)21-11-10-18(16-22(21)26)35(32,33)34;2*1-4(2)3/h1-16H,27H2,(H,32,33,34);;. The van der Waals surface area contributed by atoms with Crippen LogP contribution < -0.4 is 5.73 Å². The van der Waals surface area contributed by atoms with Gasteiger partial charge in [0.05, 0.1) is 27.6 Å². The van der Waals surface area contributed by atoms with Crippen LogP contribution in [0.4, 0.5) is 28.4 Å². The molecule has 0 heterocycles. The maximum atomic E-state index is 11.8. The molecule has 0 saturated heterocycles. The number of azo groups is 2. The predicted molar refractivity (Wildman–Crippen MR) is 156 cm³/mol. The highest BCUT2D eigenvalue weighted by atomic mass is 32.2. The highest BCUT2D eigenvalue weighted by Crippen LogP contribution is 2.38. The summed E-state index contributed by atoms with van der Waals surface area (Å²) in [6.07, 6.45) is 0. The zero-order valence-corrected chi connectivity index (χ0v) is 24.0. The van der Waals surface area contributed by atoms with Gasteiger partial charge in [0.2, 0.25) is 0 Å². The molecule has 0 atom stereocenters. The van der Waals surface area contributed by atoms with E-state index in [2.05, 4.69) is 20.5 Å². The summed E-state index contributed by atoms with van der Waals surface area (Å²) >= 11 is 0. The van der Waals surface area contributed by atoms with Crippen molar-refractivity contribution in [1.82, 2.24) is 0 Å². The Hall–Kier alpha value is -5.23. The molecule has 0 amide bonds. The van der Waals surface area contributed by atoms with Gasteiger partial charge in [-0.25, -0.2) is 0 Å². The molecule has 0 saturated carbocycles. The minimum absolute atomic E-state index is 0.253. The monoisotopic (exact) mass is 641 g/mol. The summed E-state index contributed by atoms with van der Waals surface area (Å²) in [5.41, 5.74) is 8.93. The first kappa shape index (κ1) is 32.3. The van der Waals surface area contributed by atoms with E-state index in [1.54, 1.807) is 30.3 Å². The van der Waals surface area contributed by atoms with Crippen molar-refractivity contribution in [3.8, 4) is 0 Å². The van der Waals surface area contributed by atoms with Crippen LogP contribution in [-0.4, -0.2) is 38.2 Å². The summed E-state index contributed by atoms with van der Waals surface area (Å²) in [4.78, 5) is -0.253. The lowest BCUT2D eigenvalue weighted by atomic mass is 10.1. The first-order valence-corrected chi connectivity index (χ1v) is 15.0. The van der Waals surface area contributed by atoms with Crippen molar-refractivity contribution >= 4 is 81.3 Å². The van der Waals surface area contributed by atoms with Gasteiger partial charge in [0.15, 0.2) is 0 Å². The fourth-order valence-corrected chi connectivity index (χ4v) is 4.25. The molecule has 43 heavy (non-hydrogen) atoms. The van der Waals surface area contributed by atoms with Crippen LogP contribution in [0.2, 0.25) is 0 Å². The van der Waals surface area contributed by atoms with Gasteiger partial charge < -0.3 is 5.73 Å². The molecule has 5 aromatic carbocycles. The third-order valence-electron chi connectivity index (χ3n) is 5.47. The van der Waals surface area contributed by atoms with E-state index in [1.165, 1.54) is 12.1 Å². The van der Waals surface area contributed by atoms with Crippen molar-refractivity contribution in [1.29, 1.82) is 0 Å². The van der Waals surface area contributed by atoms with E-state index >= 15 is 0 Å². The van der Waals surface area contributed by atoms with Crippen LogP contribution in [0.5, 0.6) is 0 Å². The van der Waals surface area contributed by atoms with Crippen LogP contribution in [0, 0.1) is 0 Å². The Morgan fingerprint density at radius 2 is 0.977 bits per heavy atom. The molecule has 0 bridgehead atoms. The number of nitrogens with two attached hydrogens (primary N) is 1. The second kappa shape index (κ2) is 14.6. The number of hydrogen-bond donors (Lipinski definition) is 2. The molecule has 0 spiro atoms. The Labute approximate surface area is 247 Å². The third-order valence-corrected chi connectivity index (χ3v) is 6.32. The number of rotatable bonds is 5. The Kier molecular flexibility index (Phi) is 11.0. The summed E-state index contributed by atoms with van der Waals surface area (Å²) < 4.78 is 83.8. The minimum atomic E-state index is -4.42. The molecular weight excluding hydrogens is 623 g/mol. The maximum absolute atomic E-state index is 11.8. The van der Waals surface area contributed by atoms with Crippen LogP contribution in [0.25, 0.3) is 21.5 Å². The number of nitrogen functional groups attached to an aromatic ring is 1.